The van der Waals surface area contributed by atoms with Crippen LogP contribution >= 0.6 is 17.0 Å². The number of halogens is 2. The van der Waals surface area contributed by atoms with E-state index in [0.29, 0.717) is 0 Å². The Kier molecular flexibility index (Phi) is 9.77. The Balaban J connectivity index is 1.41. The van der Waals surface area contributed by atoms with Gasteiger partial charge in [-0.25, -0.2) is 0 Å². The fraction of sp³-hybridized carbons (Fsp3) is 0.231. The maximum absolute atomic E-state index is 9.35. The van der Waals surface area contributed by atoms with E-state index >= 15 is 0 Å². The Labute approximate surface area is 344 Å². The van der Waals surface area contributed by atoms with Gasteiger partial charge in [-0.2, -0.15) is 0 Å². The van der Waals surface area contributed by atoms with Gasteiger partial charge in [-0.15, -0.1) is 0 Å². The molecule has 9 rings (SSSR count). The predicted molar refractivity (Wildman–Crippen MR) is 245 cm³/mol. The second-order valence-corrected chi connectivity index (χ2v) is 39.4. The predicted octanol–water partition coefficient (Wildman–Crippen LogP) is 12.5. The van der Waals surface area contributed by atoms with Crippen LogP contribution < -0.4 is 13.6 Å². The van der Waals surface area contributed by atoms with Crippen molar-refractivity contribution in [1.82, 2.24) is 0 Å². The SMILES string of the molecule is CCc1ccc2c(c1-c1ccccc1)C=C(C(C)C)[CH]2[Zr]([Cl])([Cl])([c]1cccc2c1[SiH2]c1ccccc1-2)[CH]1C(C(C)C)=Cc2c1ccc(CC)c2-c1ccccc1. The van der Waals surface area contributed by atoms with E-state index in [2.05, 4.69) is 181 Å². The number of rotatable bonds is 9. The third kappa shape index (κ3) is 5.68. The summed E-state index contributed by atoms with van der Waals surface area (Å²) in [4.78, 5) is 0. The van der Waals surface area contributed by atoms with Crippen molar-refractivity contribution in [3.05, 3.63) is 172 Å². The molecule has 2 aliphatic carbocycles. The van der Waals surface area contributed by atoms with Crippen molar-refractivity contribution in [1.29, 1.82) is 0 Å². The molecular weight excluding hydrogens is 815 g/mol. The molecule has 0 spiro atoms. The van der Waals surface area contributed by atoms with Crippen LogP contribution in [0.2, 0.25) is 0 Å². The number of benzene rings is 6. The fourth-order valence-corrected chi connectivity index (χ4v) is 39.0. The van der Waals surface area contributed by atoms with E-state index in [9.17, 15) is 17.0 Å². The molecule has 0 radical (unpaired) electrons. The van der Waals surface area contributed by atoms with Crippen LogP contribution in [-0.2, 0) is 29.2 Å². The van der Waals surface area contributed by atoms with E-state index in [1.54, 1.807) is 0 Å². The Morgan fingerprint density at radius 1 is 0.536 bits per heavy atom. The average molecular weight is 866 g/mol. The zero-order chi connectivity index (χ0) is 39.0. The molecule has 281 valence electrons. The number of hydrogen-bond donors (Lipinski definition) is 0. The molecule has 0 saturated carbocycles. The Morgan fingerprint density at radius 3 is 1.48 bits per heavy atom. The monoisotopic (exact) mass is 863 g/mol. The summed E-state index contributed by atoms with van der Waals surface area (Å²) in [6.07, 6.45) is 6.98. The van der Waals surface area contributed by atoms with Gasteiger partial charge in [0.05, 0.1) is 0 Å². The minimum atomic E-state index is -5.64. The standard InChI is InChI=1S/2C20H21.C12H9Si.2ClH.Zr/c2*1-4-15-10-11-17-12-18(14(2)3)13-19(17)20(15)16-8-6-5-7-9-16;1-3-7-11-9(5-1)10-6-2-4-8-12(10)13-11;;;/h2*5-14H,4H2,1-3H3;1-7H,13H2;2*1H;/q;;;;;+2/p-2. The summed E-state index contributed by atoms with van der Waals surface area (Å²) >= 11 is -5.64. The van der Waals surface area contributed by atoms with Crippen molar-refractivity contribution in [2.45, 2.75) is 61.6 Å². The summed E-state index contributed by atoms with van der Waals surface area (Å²) in [6.45, 7) is 14.0. The van der Waals surface area contributed by atoms with Crippen LogP contribution in [0.3, 0.4) is 0 Å². The molecule has 0 bridgehead atoms. The number of fused-ring (bicyclic) bond motifs is 5. The van der Waals surface area contributed by atoms with Crippen LogP contribution in [0.25, 0.3) is 45.5 Å². The summed E-state index contributed by atoms with van der Waals surface area (Å²) < 4.78 is 1.10. The van der Waals surface area contributed by atoms with Gasteiger partial charge in [-0.05, 0) is 0 Å². The third-order valence-electron chi connectivity index (χ3n) is 13.3. The number of aryl methyl sites for hydroxylation is 2. The molecule has 1 heterocycles. The Hall–Kier alpha value is -3.52. The van der Waals surface area contributed by atoms with Gasteiger partial charge in [0.1, 0.15) is 0 Å². The van der Waals surface area contributed by atoms with Gasteiger partial charge in [-0.1, -0.05) is 0 Å². The zero-order valence-corrected chi connectivity index (χ0v) is 38.8. The molecule has 0 amide bonds. The van der Waals surface area contributed by atoms with Crippen molar-refractivity contribution >= 4 is 52.3 Å². The first-order chi connectivity index (χ1) is 27.1. The first-order valence-corrected chi connectivity index (χ1v) is 32.5. The molecule has 3 aliphatic rings. The van der Waals surface area contributed by atoms with Crippen LogP contribution in [0.4, 0.5) is 0 Å². The zero-order valence-electron chi connectivity index (χ0n) is 33.5. The molecule has 0 N–H and O–H groups in total. The summed E-state index contributed by atoms with van der Waals surface area (Å²) in [5, 5.41) is 2.97. The molecule has 0 saturated heterocycles. The Bertz CT molecular complexity index is 2450. The van der Waals surface area contributed by atoms with E-state index in [0.717, 1.165) is 12.8 Å². The summed E-state index contributed by atoms with van der Waals surface area (Å²) in [6, 6.07) is 47.7. The molecule has 2 atom stereocenters. The second-order valence-electron chi connectivity index (χ2n) is 16.9. The Morgan fingerprint density at radius 2 is 1.00 bits per heavy atom. The molecule has 6 aromatic rings. The van der Waals surface area contributed by atoms with Crippen molar-refractivity contribution < 1.29 is 16.4 Å². The van der Waals surface area contributed by atoms with Gasteiger partial charge < -0.3 is 0 Å². The van der Waals surface area contributed by atoms with E-state index in [1.807, 2.05) is 0 Å². The molecule has 0 fully saturated rings. The van der Waals surface area contributed by atoms with Crippen LogP contribution in [-0.4, -0.2) is 9.52 Å². The maximum atomic E-state index is 9.35. The summed E-state index contributed by atoms with van der Waals surface area (Å²) in [7, 11) is 17.8. The van der Waals surface area contributed by atoms with E-state index in [4.69, 9.17) is 0 Å². The molecular formula is C52H51Cl2SiZr. The molecule has 6 aromatic carbocycles. The van der Waals surface area contributed by atoms with E-state index in [-0.39, 0.29) is 19.1 Å². The normalized spacial score (nSPS) is 18.0. The van der Waals surface area contributed by atoms with Crippen molar-refractivity contribution in [2.24, 2.45) is 11.8 Å². The molecule has 0 nitrogen and oxygen atoms in total. The first kappa shape index (κ1) is 38.0. The van der Waals surface area contributed by atoms with Crippen molar-refractivity contribution in [3.8, 4) is 33.4 Å². The van der Waals surface area contributed by atoms with Gasteiger partial charge in [0.25, 0.3) is 0 Å². The van der Waals surface area contributed by atoms with Gasteiger partial charge in [0.2, 0.25) is 0 Å². The third-order valence-corrected chi connectivity index (χ3v) is 35.9. The minimum absolute atomic E-state index is 0.100. The van der Waals surface area contributed by atoms with Gasteiger partial charge in [-0.3, -0.25) is 0 Å². The summed E-state index contributed by atoms with van der Waals surface area (Å²) in [5.74, 6) is 0.514. The molecule has 2 unspecified atom stereocenters. The van der Waals surface area contributed by atoms with Crippen molar-refractivity contribution in [2.75, 3.05) is 0 Å². The van der Waals surface area contributed by atoms with E-state index < -0.39 is 25.9 Å². The molecule has 4 heteroatoms. The van der Waals surface area contributed by atoms with Crippen molar-refractivity contribution in [3.63, 3.8) is 0 Å². The number of hydrogen-bond acceptors (Lipinski definition) is 0. The quantitative estimate of drug-likeness (QED) is 0.127. The topological polar surface area (TPSA) is 0 Å². The molecule has 0 aromatic heterocycles. The molecule has 1 aliphatic heterocycles. The fourth-order valence-electron chi connectivity index (χ4n) is 10.8. The van der Waals surface area contributed by atoms with Gasteiger partial charge >= 0.3 is 348 Å². The van der Waals surface area contributed by atoms with Gasteiger partial charge in [0, 0.05) is 0 Å². The van der Waals surface area contributed by atoms with Crippen LogP contribution in [0.1, 0.15) is 82.2 Å². The average Bonchev–Trinajstić information content (AvgIpc) is 3.93. The van der Waals surface area contributed by atoms with Crippen LogP contribution in [0.15, 0.2) is 139 Å². The molecule has 56 heavy (non-hydrogen) atoms. The van der Waals surface area contributed by atoms with E-state index in [1.165, 1.54) is 91.6 Å². The van der Waals surface area contributed by atoms with Gasteiger partial charge in [0.15, 0.2) is 0 Å². The first-order valence-electron chi connectivity index (χ1n) is 20.7. The van der Waals surface area contributed by atoms with Crippen LogP contribution in [0, 0.1) is 11.8 Å². The second kappa shape index (κ2) is 14.4. The van der Waals surface area contributed by atoms with Crippen LogP contribution in [0.5, 0.6) is 0 Å². The summed E-state index contributed by atoms with van der Waals surface area (Å²) in [5.41, 5.74) is 18.7. The number of allylic oxidation sites excluding steroid dienone is 2.